The largest absolute Gasteiger partial charge is 0.217 e. The van der Waals surface area contributed by atoms with Gasteiger partial charge in [0.25, 0.3) is 0 Å². The Hall–Kier alpha value is -1.75. The fraction of sp³-hybridized carbons (Fsp3) is 0.286. The Labute approximate surface area is 114 Å². The number of hydrogen-bond donors (Lipinski definition) is 0. The molecule has 0 aliphatic rings. The third-order valence-electron chi connectivity index (χ3n) is 2.79. The molecule has 19 heavy (non-hydrogen) atoms. The van der Waals surface area contributed by atoms with E-state index in [0.29, 0.717) is 5.92 Å². The molecular formula is C14H14FN3S. The molecule has 0 aliphatic carbocycles. The van der Waals surface area contributed by atoms with Crippen LogP contribution in [0.1, 0.15) is 18.9 Å². The highest BCUT2D eigenvalue weighted by atomic mass is 32.1. The third-order valence-corrected chi connectivity index (χ3v) is 3.73. The number of fused-ring (bicyclic) bond motifs is 1. The second-order valence-corrected chi connectivity index (χ2v) is 6.00. The minimum atomic E-state index is -0.248. The van der Waals surface area contributed by atoms with Crippen LogP contribution in [0.4, 0.5) is 4.39 Å². The van der Waals surface area contributed by atoms with E-state index in [9.17, 15) is 4.39 Å². The topological polar surface area (TPSA) is 30.2 Å². The van der Waals surface area contributed by atoms with Crippen molar-refractivity contribution in [3.8, 4) is 11.3 Å². The summed E-state index contributed by atoms with van der Waals surface area (Å²) in [5.74, 6) is 0.334. The number of imidazole rings is 1. The Morgan fingerprint density at radius 1 is 1.37 bits per heavy atom. The first kappa shape index (κ1) is 12.3. The fourth-order valence-corrected chi connectivity index (χ4v) is 3.05. The van der Waals surface area contributed by atoms with Gasteiger partial charge in [-0.1, -0.05) is 37.3 Å². The summed E-state index contributed by atoms with van der Waals surface area (Å²) in [6, 6.07) is 6.46. The third kappa shape index (κ3) is 2.51. The number of aromatic nitrogens is 3. The molecule has 0 fully saturated rings. The molecule has 0 amide bonds. The smallest absolute Gasteiger partial charge is 0.212 e. The van der Waals surface area contributed by atoms with Crippen molar-refractivity contribution in [1.82, 2.24) is 14.6 Å². The van der Waals surface area contributed by atoms with Crippen LogP contribution in [0.2, 0.25) is 0 Å². The lowest BCUT2D eigenvalue weighted by Crippen LogP contribution is -1.94. The molecule has 1 aromatic carbocycles. The first-order chi connectivity index (χ1) is 9.11. The molecule has 0 saturated heterocycles. The molecule has 0 aliphatic heterocycles. The van der Waals surface area contributed by atoms with E-state index in [2.05, 4.69) is 23.9 Å². The lowest BCUT2D eigenvalue weighted by Gasteiger charge is -1.98. The van der Waals surface area contributed by atoms with Crippen LogP contribution >= 0.6 is 11.3 Å². The average molecular weight is 275 g/mol. The molecular weight excluding hydrogens is 261 g/mol. The summed E-state index contributed by atoms with van der Waals surface area (Å²) in [6.07, 6.45) is 2.81. The van der Waals surface area contributed by atoms with Gasteiger partial charge in [0.2, 0.25) is 4.96 Å². The second-order valence-electron chi connectivity index (χ2n) is 4.96. The number of benzene rings is 1. The van der Waals surface area contributed by atoms with Crippen molar-refractivity contribution in [2.45, 2.75) is 20.3 Å². The minimum Gasteiger partial charge on any atom is -0.217 e. The molecule has 5 heteroatoms. The number of hydrogen-bond acceptors (Lipinski definition) is 3. The average Bonchev–Trinajstić information content (AvgIpc) is 2.85. The van der Waals surface area contributed by atoms with Crippen molar-refractivity contribution in [2.75, 3.05) is 0 Å². The Balaban J connectivity index is 1.97. The Morgan fingerprint density at radius 3 is 2.89 bits per heavy atom. The van der Waals surface area contributed by atoms with E-state index in [1.54, 1.807) is 21.9 Å². The van der Waals surface area contributed by atoms with Gasteiger partial charge in [-0.15, -0.1) is 0 Å². The molecule has 0 saturated carbocycles. The highest BCUT2D eigenvalue weighted by molar-refractivity contribution is 7.16. The lowest BCUT2D eigenvalue weighted by atomic mass is 10.1. The molecule has 98 valence electrons. The van der Waals surface area contributed by atoms with Crippen molar-refractivity contribution in [2.24, 2.45) is 5.92 Å². The van der Waals surface area contributed by atoms with Crippen molar-refractivity contribution < 1.29 is 4.39 Å². The summed E-state index contributed by atoms with van der Waals surface area (Å²) in [6.45, 7) is 4.34. The van der Waals surface area contributed by atoms with Gasteiger partial charge in [0, 0.05) is 12.0 Å². The summed E-state index contributed by atoms with van der Waals surface area (Å²) >= 11 is 1.59. The van der Waals surface area contributed by atoms with Crippen LogP contribution in [0.5, 0.6) is 0 Å². The monoisotopic (exact) mass is 275 g/mol. The summed E-state index contributed by atoms with van der Waals surface area (Å²) < 4.78 is 15.0. The molecule has 0 unspecified atom stereocenters. The minimum absolute atomic E-state index is 0.248. The predicted octanol–water partition coefficient (Wildman–Crippen LogP) is 3.80. The van der Waals surface area contributed by atoms with Gasteiger partial charge in [-0.05, 0) is 18.1 Å². The highest BCUT2D eigenvalue weighted by Crippen LogP contribution is 2.23. The SMILES string of the molecule is CC(C)Cc1nn2cc(-c3cccc(F)c3)nc2s1. The quantitative estimate of drug-likeness (QED) is 0.728. The van der Waals surface area contributed by atoms with Gasteiger partial charge >= 0.3 is 0 Å². The van der Waals surface area contributed by atoms with Crippen LogP contribution in [0.3, 0.4) is 0 Å². The summed E-state index contributed by atoms with van der Waals surface area (Å²) in [4.78, 5) is 5.36. The number of nitrogens with zero attached hydrogens (tertiary/aromatic N) is 3. The summed E-state index contributed by atoms with van der Waals surface area (Å²) in [7, 11) is 0. The van der Waals surface area contributed by atoms with Crippen molar-refractivity contribution >= 4 is 16.3 Å². The van der Waals surface area contributed by atoms with E-state index < -0.39 is 0 Å². The Morgan fingerprint density at radius 2 is 2.21 bits per heavy atom. The van der Waals surface area contributed by atoms with Gasteiger partial charge in [0.1, 0.15) is 10.8 Å². The van der Waals surface area contributed by atoms with Crippen LogP contribution in [0.25, 0.3) is 16.2 Å². The van der Waals surface area contributed by atoms with Gasteiger partial charge in [-0.25, -0.2) is 13.9 Å². The van der Waals surface area contributed by atoms with Crippen molar-refractivity contribution in [3.05, 3.63) is 41.3 Å². The Kier molecular flexibility index (Phi) is 3.06. The van der Waals surface area contributed by atoms with E-state index >= 15 is 0 Å². The van der Waals surface area contributed by atoms with Crippen LogP contribution in [0.15, 0.2) is 30.5 Å². The maximum absolute atomic E-state index is 13.2. The summed E-state index contributed by atoms with van der Waals surface area (Å²) in [5.41, 5.74) is 1.54. The van der Waals surface area contributed by atoms with Gasteiger partial charge < -0.3 is 0 Å². The van der Waals surface area contributed by atoms with E-state index in [1.807, 2.05) is 12.3 Å². The second kappa shape index (κ2) is 4.74. The predicted molar refractivity (Wildman–Crippen MR) is 74.8 cm³/mol. The van der Waals surface area contributed by atoms with Crippen LogP contribution in [0, 0.1) is 11.7 Å². The lowest BCUT2D eigenvalue weighted by molar-refractivity contribution is 0.628. The number of rotatable bonds is 3. The van der Waals surface area contributed by atoms with Gasteiger partial charge in [-0.2, -0.15) is 5.10 Å². The molecule has 2 aromatic heterocycles. The first-order valence-corrected chi connectivity index (χ1v) is 7.04. The van der Waals surface area contributed by atoms with E-state index in [0.717, 1.165) is 27.6 Å². The number of halogens is 1. The molecule has 0 N–H and O–H groups in total. The van der Waals surface area contributed by atoms with Gasteiger partial charge in [0.05, 0.1) is 11.9 Å². The van der Waals surface area contributed by atoms with E-state index in [-0.39, 0.29) is 5.82 Å². The van der Waals surface area contributed by atoms with Crippen LogP contribution in [-0.2, 0) is 6.42 Å². The van der Waals surface area contributed by atoms with Crippen LogP contribution in [-0.4, -0.2) is 14.6 Å². The highest BCUT2D eigenvalue weighted by Gasteiger charge is 2.10. The van der Waals surface area contributed by atoms with Gasteiger partial charge in [-0.3, -0.25) is 0 Å². The molecule has 3 rings (SSSR count). The molecule has 3 aromatic rings. The standard InChI is InChI=1S/C14H14FN3S/c1-9(2)6-13-17-18-8-12(16-14(18)19-13)10-4-3-5-11(15)7-10/h3-5,7-9H,6H2,1-2H3. The molecule has 0 spiro atoms. The van der Waals surface area contributed by atoms with Crippen molar-refractivity contribution in [3.63, 3.8) is 0 Å². The zero-order chi connectivity index (χ0) is 13.4. The molecule has 2 heterocycles. The first-order valence-electron chi connectivity index (χ1n) is 6.23. The molecule has 0 atom stereocenters. The normalized spacial score (nSPS) is 11.6. The fourth-order valence-electron chi connectivity index (χ4n) is 1.96. The maximum atomic E-state index is 13.2. The molecule has 3 nitrogen and oxygen atoms in total. The zero-order valence-corrected chi connectivity index (χ0v) is 11.6. The molecule has 0 radical (unpaired) electrons. The van der Waals surface area contributed by atoms with E-state index in [4.69, 9.17) is 0 Å². The zero-order valence-electron chi connectivity index (χ0n) is 10.8. The summed E-state index contributed by atoms with van der Waals surface area (Å²) in [5, 5.41) is 5.59. The van der Waals surface area contributed by atoms with Crippen LogP contribution < -0.4 is 0 Å². The van der Waals surface area contributed by atoms with Gasteiger partial charge in [0.15, 0.2) is 0 Å². The van der Waals surface area contributed by atoms with E-state index in [1.165, 1.54) is 12.1 Å². The maximum Gasteiger partial charge on any atom is 0.212 e. The molecule has 0 bridgehead atoms. The van der Waals surface area contributed by atoms with Crippen molar-refractivity contribution in [1.29, 1.82) is 0 Å². The Bertz CT molecular complexity index is 683.